The van der Waals surface area contributed by atoms with E-state index in [9.17, 15) is 9.59 Å². The number of rotatable bonds is 5. The number of aromatic nitrogens is 3. The Hall–Kier alpha value is -3.68. The first-order valence-corrected chi connectivity index (χ1v) is 9.98. The molecule has 1 unspecified atom stereocenters. The third-order valence-electron chi connectivity index (χ3n) is 5.37. The number of aromatic amines is 1. The third kappa shape index (κ3) is 4.03. The number of hydrogen-bond acceptors (Lipinski definition) is 5. The Balaban J connectivity index is 1.69. The average Bonchev–Trinajstić information content (AvgIpc) is 3.28. The Labute approximate surface area is 174 Å². The fourth-order valence-electron chi connectivity index (χ4n) is 3.89. The Bertz CT molecular complexity index is 1060. The second-order valence-corrected chi connectivity index (χ2v) is 7.62. The highest BCUT2D eigenvalue weighted by Crippen LogP contribution is 2.32. The van der Waals surface area contributed by atoms with Crippen molar-refractivity contribution in [2.24, 2.45) is 11.7 Å². The molecule has 1 atom stereocenters. The van der Waals surface area contributed by atoms with E-state index in [-0.39, 0.29) is 5.91 Å². The number of hydrogen-bond donors (Lipinski definition) is 3. The number of benzene rings is 2. The van der Waals surface area contributed by atoms with Crippen molar-refractivity contribution in [1.29, 1.82) is 0 Å². The summed E-state index contributed by atoms with van der Waals surface area (Å²) in [5, 5.41) is 9.65. The molecule has 4 rings (SSSR count). The van der Waals surface area contributed by atoms with Gasteiger partial charge < -0.3 is 16.0 Å². The van der Waals surface area contributed by atoms with Crippen LogP contribution in [-0.4, -0.2) is 40.1 Å². The van der Waals surface area contributed by atoms with Crippen LogP contribution in [0.4, 0.5) is 11.4 Å². The maximum atomic E-state index is 13.2. The molecule has 1 saturated heterocycles. The molecule has 1 aromatic heterocycles. The van der Waals surface area contributed by atoms with E-state index in [1.165, 1.54) is 12.7 Å². The zero-order valence-corrected chi connectivity index (χ0v) is 16.8. The Morgan fingerprint density at radius 2 is 2.07 bits per heavy atom. The molecule has 0 spiro atoms. The van der Waals surface area contributed by atoms with E-state index in [4.69, 9.17) is 5.73 Å². The largest absolute Gasteiger partial charge is 0.370 e. The van der Waals surface area contributed by atoms with Crippen LogP contribution in [0.5, 0.6) is 0 Å². The topological polar surface area (TPSA) is 117 Å². The fraction of sp³-hybridized carbons (Fsp3) is 0.273. The van der Waals surface area contributed by atoms with Crippen LogP contribution in [0.15, 0.2) is 48.8 Å². The number of primary amides is 1. The van der Waals surface area contributed by atoms with Gasteiger partial charge in [0, 0.05) is 24.2 Å². The standard InChI is InChI=1S/C22H24N6O2/c1-14-5-4-10-28(12-14)19-9-8-15(20(23)29)11-18(19)26-22(30)17-7-3-2-6-16(17)21-24-13-25-27-21/h2-3,6-9,11,13-14H,4-5,10,12H2,1H3,(H2,23,29)(H,26,30)(H,24,25,27). The number of nitrogens with one attached hydrogen (secondary N) is 2. The summed E-state index contributed by atoms with van der Waals surface area (Å²) in [5.74, 6) is 0.239. The minimum atomic E-state index is -0.536. The normalized spacial score (nSPS) is 16.3. The molecule has 0 radical (unpaired) electrons. The highest BCUT2D eigenvalue weighted by Gasteiger charge is 2.22. The van der Waals surface area contributed by atoms with Gasteiger partial charge in [0.15, 0.2) is 5.82 Å². The van der Waals surface area contributed by atoms with Crippen LogP contribution in [0.3, 0.4) is 0 Å². The van der Waals surface area contributed by atoms with Gasteiger partial charge in [-0.2, -0.15) is 5.10 Å². The molecular weight excluding hydrogens is 380 g/mol. The van der Waals surface area contributed by atoms with Crippen LogP contribution in [0.1, 0.15) is 40.5 Å². The fourth-order valence-corrected chi connectivity index (χ4v) is 3.89. The lowest BCUT2D eigenvalue weighted by Gasteiger charge is -2.34. The lowest BCUT2D eigenvalue weighted by Crippen LogP contribution is -2.35. The lowest BCUT2D eigenvalue weighted by atomic mass is 9.99. The summed E-state index contributed by atoms with van der Waals surface area (Å²) in [6, 6.07) is 12.4. The predicted octanol–water partition coefficient (Wildman–Crippen LogP) is 3.06. The first-order chi connectivity index (χ1) is 14.5. The molecule has 154 valence electrons. The molecule has 4 N–H and O–H groups in total. The quantitative estimate of drug-likeness (QED) is 0.604. The van der Waals surface area contributed by atoms with E-state index in [0.717, 1.165) is 25.2 Å². The van der Waals surface area contributed by atoms with Gasteiger partial charge in [0.1, 0.15) is 6.33 Å². The second-order valence-electron chi connectivity index (χ2n) is 7.62. The zero-order valence-electron chi connectivity index (χ0n) is 16.8. The molecule has 3 aromatic rings. The molecule has 8 nitrogen and oxygen atoms in total. The van der Waals surface area contributed by atoms with Crippen molar-refractivity contribution in [3.05, 3.63) is 59.9 Å². The van der Waals surface area contributed by atoms with E-state index in [0.29, 0.717) is 34.1 Å². The summed E-state index contributed by atoms with van der Waals surface area (Å²) in [4.78, 5) is 31.3. The van der Waals surface area contributed by atoms with Gasteiger partial charge in [0.05, 0.1) is 16.9 Å². The number of nitrogens with zero attached hydrogens (tertiary/aromatic N) is 3. The monoisotopic (exact) mass is 404 g/mol. The van der Waals surface area contributed by atoms with E-state index in [1.54, 1.807) is 24.3 Å². The van der Waals surface area contributed by atoms with E-state index >= 15 is 0 Å². The maximum Gasteiger partial charge on any atom is 0.256 e. The Kier molecular flexibility index (Phi) is 5.47. The number of carbonyl (C=O) groups is 2. The van der Waals surface area contributed by atoms with Crippen molar-refractivity contribution in [2.45, 2.75) is 19.8 Å². The molecule has 2 amide bonds. The van der Waals surface area contributed by atoms with Gasteiger partial charge in [-0.3, -0.25) is 14.7 Å². The summed E-state index contributed by atoms with van der Waals surface area (Å²) in [7, 11) is 0. The smallest absolute Gasteiger partial charge is 0.256 e. The van der Waals surface area contributed by atoms with Gasteiger partial charge in [-0.25, -0.2) is 4.98 Å². The molecule has 2 heterocycles. The van der Waals surface area contributed by atoms with Gasteiger partial charge >= 0.3 is 0 Å². The number of anilines is 2. The zero-order chi connectivity index (χ0) is 21.1. The van der Waals surface area contributed by atoms with Gasteiger partial charge in [-0.05, 0) is 43.0 Å². The molecule has 2 aromatic carbocycles. The second kappa shape index (κ2) is 8.36. The van der Waals surface area contributed by atoms with Gasteiger partial charge in [0.2, 0.25) is 5.91 Å². The van der Waals surface area contributed by atoms with Crippen molar-refractivity contribution in [3.8, 4) is 11.4 Å². The summed E-state index contributed by atoms with van der Waals surface area (Å²) < 4.78 is 0. The van der Waals surface area contributed by atoms with Gasteiger partial charge in [-0.1, -0.05) is 25.1 Å². The number of H-pyrrole nitrogens is 1. The lowest BCUT2D eigenvalue weighted by molar-refractivity contribution is 0.0996. The molecule has 0 bridgehead atoms. The Morgan fingerprint density at radius 3 is 2.80 bits per heavy atom. The van der Waals surface area contributed by atoms with Crippen LogP contribution in [0.2, 0.25) is 0 Å². The van der Waals surface area contributed by atoms with Gasteiger partial charge in [-0.15, -0.1) is 0 Å². The summed E-state index contributed by atoms with van der Waals surface area (Å²) in [6.07, 6.45) is 3.67. The van der Waals surface area contributed by atoms with Crippen LogP contribution >= 0.6 is 0 Å². The summed E-state index contributed by atoms with van der Waals surface area (Å²) in [5.41, 5.74) is 8.38. The minimum absolute atomic E-state index is 0.296. The molecule has 0 aliphatic carbocycles. The number of amides is 2. The number of nitrogens with two attached hydrogens (primary N) is 1. The van der Waals surface area contributed by atoms with Crippen LogP contribution < -0.4 is 16.0 Å². The number of carbonyl (C=O) groups excluding carboxylic acids is 2. The molecular formula is C22H24N6O2. The highest BCUT2D eigenvalue weighted by atomic mass is 16.2. The number of piperidine rings is 1. The van der Waals surface area contributed by atoms with Crippen LogP contribution in [-0.2, 0) is 0 Å². The van der Waals surface area contributed by atoms with Crippen molar-refractivity contribution >= 4 is 23.2 Å². The average molecular weight is 404 g/mol. The van der Waals surface area contributed by atoms with Crippen LogP contribution in [0, 0.1) is 5.92 Å². The van der Waals surface area contributed by atoms with Crippen molar-refractivity contribution in [1.82, 2.24) is 15.2 Å². The predicted molar refractivity (Wildman–Crippen MR) is 115 cm³/mol. The van der Waals surface area contributed by atoms with Crippen molar-refractivity contribution in [3.63, 3.8) is 0 Å². The van der Waals surface area contributed by atoms with Gasteiger partial charge in [0.25, 0.3) is 5.91 Å². The first kappa shape index (κ1) is 19.6. The molecule has 8 heteroatoms. The van der Waals surface area contributed by atoms with E-state index in [1.807, 2.05) is 18.2 Å². The van der Waals surface area contributed by atoms with Crippen molar-refractivity contribution in [2.75, 3.05) is 23.3 Å². The first-order valence-electron chi connectivity index (χ1n) is 9.98. The SMILES string of the molecule is CC1CCCN(c2ccc(C(N)=O)cc2NC(=O)c2ccccc2-c2ncn[nH]2)C1. The van der Waals surface area contributed by atoms with E-state index in [2.05, 4.69) is 32.3 Å². The van der Waals surface area contributed by atoms with E-state index < -0.39 is 5.91 Å². The van der Waals surface area contributed by atoms with Crippen molar-refractivity contribution < 1.29 is 9.59 Å². The minimum Gasteiger partial charge on any atom is -0.370 e. The molecule has 1 fully saturated rings. The maximum absolute atomic E-state index is 13.2. The molecule has 1 aliphatic heterocycles. The highest BCUT2D eigenvalue weighted by molar-refractivity contribution is 6.10. The molecule has 0 saturated carbocycles. The third-order valence-corrected chi connectivity index (χ3v) is 5.37. The van der Waals surface area contributed by atoms with Crippen LogP contribution in [0.25, 0.3) is 11.4 Å². The summed E-state index contributed by atoms with van der Waals surface area (Å²) >= 11 is 0. The summed E-state index contributed by atoms with van der Waals surface area (Å²) in [6.45, 7) is 4.01. The Morgan fingerprint density at radius 1 is 1.23 bits per heavy atom. The molecule has 1 aliphatic rings. The molecule has 30 heavy (non-hydrogen) atoms.